The van der Waals surface area contributed by atoms with Crippen molar-refractivity contribution in [3.05, 3.63) is 42.7 Å². The molecule has 20 heavy (non-hydrogen) atoms. The normalized spacial score (nSPS) is 10.4. The Bertz CT molecular complexity index is 725. The van der Waals surface area contributed by atoms with Crippen molar-refractivity contribution in [1.29, 1.82) is 0 Å². The highest BCUT2D eigenvalue weighted by atomic mass is 16.5. The van der Waals surface area contributed by atoms with Crippen molar-refractivity contribution in [2.75, 3.05) is 12.8 Å². The van der Waals surface area contributed by atoms with Crippen molar-refractivity contribution < 1.29 is 9.26 Å². The number of methoxy groups -OCH3 is 1. The van der Waals surface area contributed by atoms with Gasteiger partial charge in [0.25, 0.3) is 0 Å². The molecule has 3 rings (SSSR count). The molecule has 6 heteroatoms. The Labute approximate surface area is 115 Å². The van der Waals surface area contributed by atoms with Crippen LogP contribution in [0.3, 0.4) is 0 Å². The summed E-state index contributed by atoms with van der Waals surface area (Å²) in [4.78, 5) is 8.32. The summed E-state index contributed by atoms with van der Waals surface area (Å²) in [6.45, 7) is 0. The molecular formula is C14H12N4O2. The second-order valence-corrected chi connectivity index (χ2v) is 4.08. The molecule has 3 aromatic rings. The minimum Gasteiger partial charge on any atom is -0.497 e. The van der Waals surface area contributed by atoms with Gasteiger partial charge in [-0.1, -0.05) is 17.3 Å². The standard InChI is InChI=1S/C14H12N4O2/c1-19-10-5-2-4-9(8-10)11-12(20-18-13(11)15)14-16-6-3-7-17-14/h2-8H,1H3,(H2,15,18). The number of hydrogen-bond acceptors (Lipinski definition) is 6. The number of nitrogens with zero attached hydrogens (tertiary/aromatic N) is 3. The van der Waals surface area contributed by atoms with Crippen LogP contribution in [0.1, 0.15) is 0 Å². The topological polar surface area (TPSA) is 87.1 Å². The molecule has 0 aliphatic rings. The molecule has 100 valence electrons. The summed E-state index contributed by atoms with van der Waals surface area (Å²) < 4.78 is 10.5. The van der Waals surface area contributed by atoms with Crippen LogP contribution in [0.4, 0.5) is 5.82 Å². The molecule has 0 saturated carbocycles. The molecule has 2 N–H and O–H groups in total. The van der Waals surface area contributed by atoms with Crippen LogP contribution in [0.2, 0.25) is 0 Å². The van der Waals surface area contributed by atoms with E-state index in [-0.39, 0.29) is 0 Å². The van der Waals surface area contributed by atoms with Crippen LogP contribution in [0.15, 0.2) is 47.2 Å². The Morgan fingerprint density at radius 1 is 1.15 bits per heavy atom. The van der Waals surface area contributed by atoms with E-state index in [1.807, 2.05) is 24.3 Å². The molecule has 0 atom stereocenters. The molecule has 0 spiro atoms. The number of nitrogens with two attached hydrogens (primary N) is 1. The van der Waals surface area contributed by atoms with Gasteiger partial charge in [0.15, 0.2) is 11.6 Å². The van der Waals surface area contributed by atoms with Crippen molar-refractivity contribution >= 4 is 5.82 Å². The summed E-state index contributed by atoms with van der Waals surface area (Å²) in [5.74, 6) is 1.90. The molecule has 0 aliphatic carbocycles. The third kappa shape index (κ3) is 2.07. The first-order valence-electron chi connectivity index (χ1n) is 5.96. The van der Waals surface area contributed by atoms with Crippen LogP contribution in [0.5, 0.6) is 5.75 Å². The zero-order valence-electron chi connectivity index (χ0n) is 10.8. The van der Waals surface area contributed by atoms with Gasteiger partial charge in [0.05, 0.1) is 12.7 Å². The number of nitrogen functional groups attached to an aromatic ring is 1. The third-order valence-corrected chi connectivity index (χ3v) is 2.85. The van der Waals surface area contributed by atoms with Gasteiger partial charge in [0, 0.05) is 12.4 Å². The van der Waals surface area contributed by atoms with Crippen molar-refractivity contribution in [3.8, 4) is 28.5 Å². The largest absolute Gasteiger partial charge is 0.497 e. The van der Waals surface area contributed by atoms with Gasteiger partial charge in [-0.3, -0.25) is 0 Å². The minimum atomic E-state index is 0.292. The lowest BCUT2D eigenvalue weighted by Crippen LogP contribution is -1.92. The summed E-state index contributed by atoms with van der Waals surface area (Å²) in [5.41, 5.74) is 7.40. The quantitative estimate of drug-likeness (QED) is 0.784. The van der Waals surface area contributed by atoms with Gasteiger partial charge in [-0.25, -0.2) is 9.97 Å². The zero-order chi connectivity index (χ0) is 13.9. The Balaban J connectivity index is 2.16. The Morgan fingerprint density at radius 2 is 1.95 bits per heavy atom. The predicted octanol–water partition coefficient (Wildman–Crippen LogP) is 2.39. The van der Waals surface area contributed by atoms with Crippen molar-refractivity contribution in [3.63, 3.8) is 0 Å². The molecule has 6 nitrogen and oxygen atoms in total. The lowest BCUT2D eigenvalue weighted by atomic mass is 10.1. The maximum Gasteiger partial charge on any atom is 0.214 e. The van der Waals surface area contributed by atoms with Gasteiger partial charge >= 0.3 is 0 Å². The van der Waals surface area contributed by atoms with E-state index in [9.17, 15) is 0 Å². The second kappa shape index (κ2) is 5.00. The summed E-state index contributed by atoms with van der Waals surface area (Å²) in [6.07, 6.45) is 3.27. The van der Waals surface area contributed by atoms with Crippen LogP contribution < -0.4 is 10.5 Å². The van der Waals surface area contributed by atoms with Crippen LogP contribution >= 0.6 is 0 Å². The fourth-order valence-corrected chi connectivity index (χ4v) is 1.93. The van der Waals surface area contributed by atoms with E-state index in [4.69, 9.17) is 15.0 Å². The molecule has 0 fully saturated rings. The Morgan fingerprint density at radius 3 is 2.70 bits per heavy atom. The number of benzene rings is 1. The summed E-state index contributed by atoms with van der Waals surface area (Å²) in [6, 6.07) is 9.21. The number of anilines is 1. The average molecular weight is 268 g/mol. The number of hydrogen-bond donors (Lipinski definition) is 1. The maximum absolute atomic E-state index is 5.90. The van der Waals surface area contributed by atoms with E-state index in [1.165, 1.54) is 0 Å². The Hall–Kier alpha value is -2.89. The van der Waals surface area contributed by atoms with Crippen LogP contribution in [-0.4, -0.2) is 22.2 Å². The van der Waals surface area contributed by atoms with Crippen LogP contribution in [0, 0.1) is 0 Å². The third-order valence-electron chi connectivity index (χ3n) is 2.85. The Kier molecular flexibility index (Phi) is 3.04. The van der Waals surface area contributed by atoms with E-state index < -0.39 is 0 Å². The first-order chi connectivity index (χ1) is 9.79. The summed E-state index contributed by atoms with van der Waals surface area (Å²) in [5, 5.41) is 3.81. The van der Waals surface area contributed by atoms with Gasteiger partial charge in [0.1, 0.15) is 5.75 Å². The van der Waals surface area contributed by atoms with Gasteiger partial charge < -0.3 is 15.0 Å². The molecule has 0 saturated heterocycles. The number of ether oxygens (including phenoxy) is 1. The summed E-state index contributed by atoms with van der Waals surface area (Å²) in [7, 11) is 1.61. The fraction of sp³-hybridized carbons (Fsp3) is 0.0714. The summed E-state index contributed by atoms with van der Waals surface area (Å²) >= 11 is 0. The smallest absolute Gasteiger partial charge is 0.214 e. The van der Waals surface area contributed by atoms with Gasteiger partial charge in [-0.05, 0) is 23.8 Å². The highest BCUT2D eigenvalue weighted by molar-refractivity contribution is 5.84. The van der Waals surface area contributed by atoms with Crippen molar-refractivity contribution in [2.24, 2.45) is 0 Å². The lowest BCUT2D eigenvalue weighted by molar-refractivity contribution is 0.415. The lowest BCUT2D eigenvalue weighted by Gasteiger charge is -2.04. The van der Waals surface area contributed by atoms with Gasteiger partial charge in [-0.2, -0.15) is 0 Å². The second-order valence-electron chi connectivity index (χ2n) is 4.08. The van der Waals surface area contributed by atoms with Crippen LogP contribution in [0.25, 0.3) is 22.7 Å². The van der Waals surface area contributed by atoms with Crippen molar-refractivity contribution in [2.45, 2.75) is 0 Å². The monoisotopic (exact) mass is 268 g/mol. The number of aromatic nitrogens is 3. The molecular weight excluding hydrogens is 256 g/mol. The molecule has 0 amide bonds. The fourth-order valence-electron chi connectivity index (χ4n) is 1.93. The molecule has 0 aliphatic heterocycles. The molecule has 0 bridgehead atoms. The minimum absolute atomic E-state index is 0.292. The molecule has 0 radical (unpaired) electrons. The van der Waals surface area contributed by atoms with E-state index in [1.54, 1.807) is 25.6 Å². The number of rotatable bonds is 3. The van der Waals surface area contributed by atoms with E-state index in [0.717, 1.165) is 11.3 Å². The molecule has 0 unspecified atom stereocenters. The van der Waals surface area contributed by atoms with Crippen LogP contribution in [-0.2, 0) is 0 Å². The highest BCUT2D eigenvalue weighted by Gasteiger charge is 2.19. The average Bonchev–Trinajstić information content (AvgIpc) is 2.90. The van der Waals surface area contributed by atoms with E-state index in [0.29, 0.717) is 23.0 Å². The molecule has 2 aromatic heterocycles. The SMILES string of the molecule is COc1cccc(-c2c(N)noc2-c2ncccn2)c1. The maximum atomic E-state index is 5.90. The first-order valence-corrected chi connectivity index (χ1v) is 5.96. The molecule has 2 heterocycles. The van der Waals surface area contributed by atoms with Crippen molar-refractivity contribution in [1.82, 2.24) is 15.1 Å². The highest BCUT2D eigenvalue weighted by Crippen LogP contribution is 2.36. The van der Waals surface area contributed by atoms with Gasteiger partial charge in [-0.15, -0.1) is 0 Å². The first kappa shape index (κ1) is 12.2. The van der Waals surface area contributed by atoms with Gasteiger partial charge in [0.2, 0.25) is 5.76 Å². The van der Waals surface area contributed by atoms with E-state index >= 15 is 0 Å². The predicted molar refractivity (Wildman–Crippen MR) is 73.9 cm³/mol. The van der Waals surface area contributed by atoms with E-state index in [2.05, 4.69) is 15.1 Å². The zero-order valence-corrected chi connectivity index (χ0v) is 10.8. The molecule has 1 aromatic carbocycles.